The molecule has 4 rings (SSSR count). The van der Waals surface area contributed by atoms with Crippen molar-refractivity contribution in [3.63, 3.8) is 0 Å². The number of aromatic nitrogens is 4. The number of aliphatic hydroxyl groups is 1. The lowest BCUT2D eigenvalue weighted by Gasteiger charge is -2.21. The minimum Gasteiger partial charge on any atom is -0.391 e. The zero-order valence-corrected chi connectivity index (χ0v) is 15.3. The van der Waals surface area contributed by atoms with Gasteiger partial charge in [0.2, 0.25) is 0 Å². The van der Waals surface area contributed by atoms with Crippen molar-refractivity contribution in [3.8, 4) is 0 Å². The molecule has 0 spiro atoms. The number of aliphatic hydroxyl groups excluding tert-OH is 1. The molecule has 1 aliphatic carbocycles. The molecule has 1 aliphatic rings. The Morgan fingerprint density at radius 3 is 2.81 bits per heavy atom. The molecule has 1 fully saturated rings. The second-order valence-corrected chi connectivity index (χ2v) is 7.04. The highest BCUT2D eigenvalue weighted by molar-refractivity contribution is 5.61. The minimum absolute atomic E-state index is 0.0182. The molecule has 3 atom stereocenters. The molecule has 0 radical (unpaired) electrons. The van der Waals surface area contributed by atoms with E-state index in [1.54, 1.807) is 12.5 Å². The first-order valence-corrected chi connectivity index (χ1v) is 9.22. The Morgan fingerprint density at radius 2 is 2.04 bits per heavy atom. The number of anilines is 3. The van der Waals surface area contributed by atoms with Crippen molar-refractivity contribution in [1.82, 2.24) is 19.7 Å². The van der Waals surface area contributed by atoms with Crippen LogP contribution in [0, 0.1) is 5.92 Å². The highest BCUT2D eigenvalue weighted by Crippen LogP contribution is 2.30. The summed E-state index contributed by atoms with van der Waals surface area (Å²) in [7, 11) is 1.98. The van der Waals surface area contributed by atoms with Crippen molar-refractivity contribution in [1.29, 1.82) is 0 Å². The number of hydrogen-bond donors (Lipinski definition) is 2. The van der Waals surface area contributed by atoms with Crippen LogP contribution < -0.4 is 10.2 Å². The zero-order valence-electron chi connectivity index (χ0n) is 15.3. The van der Waals surface area contributed by atoms with Crippen molar-refractivity contribution in [2.45, 2.75) is 31.5 Å². The summed E-state index contributed by atoms with van der Waals surface area (Å²) in [5.41, 5.74) is 1.06. The van der Waals surface area contributed by atoms with Crippen LogP contribution in [0.5, 0.6) is 0 Å². The number of rotatable bonds is 6. The number of nitrogens with zero attached hydrogens (tertiary/aromatic N) is 5. The van der Waals surface area contributed by atoms with Crippen molar-refractivity contribution in [2.75, 3.05) is 17.3 Å². The molecule has 2 heterocycles. The Balaban J connectivity index is 1.42. The third-order valence-corrected chi connectivity index (χ3v) is 5.10. The van der Waals surface area contributed by atoms with Crippen LogP contribution in [0.3, 0.4) is 0 Å². The summed E-state index contributed by atoms with van der Waals surface area (Å²) in [6.45, 7) is 0.827. The Morgan fingerprint density at radius 1 is 1.19 bits per heavy atom. The highest BCUT2D eigenvalue weighted by atomic mass is 16.3. The van der Waals surface area contributed by atoms with Gasteiger partial charge in [-0.05, 0) is 37.0 Å². The Bertz CT molecular complexity index is 854. The Hall–Kier alpha value is -2.93. The lowest BCUT2D eigenvalue weighted by atomic mass is 10.1. The molecule has 140 valence electrons. The van der Waals surface area contributed by atoms with Gasteiger partial charge in [-0.2, -0.15) is 5.10 Å². The third-order valence-electron chi connectivity index (χ3n) is 5.10. The van der Waals surface area contributed by atoms with Gasteiger partial charge in [0.1, 0.15) is 18.0 Å². The molecule has 1 unspecified atom stereocenters. The maximum Gasteiger partial charge on any atom is 0.138 e. The van der Waals surface area contributed by atoms with Crippen molar-refractivity contribution in [3.05, 3.63) is 61.2 Å². The van der Waals surface area contributed by atoms with Crippen LogP contribution >= 0.6 is 0 Å². The van der Waals surface area contributed by atoms with Gasteiger partial charge >= 0.3 is 0 Å². The van der Waals surface area contributed by atoms with Gasteiger partial charge in [0.25, 0.3) is 0 Å². The smallest absolute Gasteiger partial charge is 0.138 e. The molecule has 1 saturated carbocycles. The van der Waals surface area contributed by atoms with Crippen molar-refractivity contribution < 1.29 is 5.11 Å². The molecule has 0 amide bonds. The summed E-state index contributed by atoms with van der Waals surface area (Å²) in [5.74, 6) is 1.93. The first kappa shape index (κ1) is 17.5. The largest absolute Gasteiger partial charge is 0.391 e. The van der Waals surface area contributed by atoms with Crippen LogP contribution in [0.1, 0.15) is 12.8 Å². The van der Waals surface area contributed by atoms with Crippen LogP contribution in [0.4, 0.5) is 17.3 Å². The van der Waals surface area contributed by atoms with Gasteiger partial charge in [-0.15, -0.1) is 0 Å². The quantitative estimate of drug-likeness (QED) is 0.700. The number of nitrogens with one attached hydrogen (secondary N) is 1. The molecular weight excluding hydrogens is 340 g/mol. The molecular formula is C20H24N6O. The van der Waals surface area contributed by atoms with Crippen molar-refractivity contribution in [2.24, 2.45) is 5.92 Å². The fraction of sp³-hybridized carbons (Fsp3) is 0.350. The minimum atomic E-state index is -0.393. The van der Waals surface area contributed by atoms with Crippen LogP contribution in [0.2, 0.25) is 0 Å². The third kappa shape index (κ3) is 4.09. The average Bonchev–Trinajstić information content (AvgIpc) is 3.32. The molecule has 7 nitrogen and oxygen atoms in total. The van der Waals surface area contributed by atoms with Gasteiger partial charge in [-0.3, -0.25) is 4.68 Å². The molecule has 7 heteroatoms. The summed E-state index contributed by atoms with van der Waals surface area (Å²) in [6, 6.07) is 13.9. The molecule has 0 bridgehead atoms. The summed E-state index contributed by atoms with van der Waals surface area (Å²) in [4.78, 5) is 10.7. The van der Waals surface area contributed by atoms with Gasteiger partial charge in [0.15, 0.2) is 0 Å². The van der Waals surface area contributed by atoms with Gasteiger partial charge in [-0.1, -0.05) is 18.2 Å². The topological polar surface area (TPSA) is 79.1 Å². The highest BCUT2D eigenvalue weighted by Gasteiger charge is 2.33. The first-order valence-electron chi connectivity index (χ1n) is 9.22. The average molecular weight is 364 g/mol. The van der Waals surface area contributed by atoms with Gasteiger partial charge in [0, 0.05) is 37.7 Å². The van der Waals surface area contributed by atoms with Crippen molar-refractivity contribution >= 4 is 17.3 Å². The SMILES string of the molecule is CN(c1ccccc1)c1cc(N[C@@H]2CC(Cn3cccn3)C[C@H]2O)ncn1. The standard InChI is InChI=1S/C20H24N6O/c1-25(16-6-3-2-4-7-16)20-12-19(21-14-22-20)24-17-10-15(11-18(17)27)13-26-9-5-8-23-26/h2-9,12,14-15,17-18,27H,10-11,13H2,1H3,(H,21,22,24)/t15?,17-,18-/m1/s1. The van der Waals surface area contributed by atoms with Gasteiger partial charge in [0.05, 0.1) is 12.1 Å². The Labute approximate surface area is 158 Å². The number of hydrogen-bond acceptors (Lipinski definition) is 6. The zero-order chi connectivity index (χ0) is 18.6. The van der Waals surface area contributed by atoms with E-state index in [1.807, 2.05) is 65.3 Å². The van der Waals surface area contributed by atoms with E-state index in [-0.39, 0.29) is 6.04 Å². The molecule has 2 aromatic heterocycles. The van der Waals surface area contributed by atoms with E-state index in [9.17, 15) is 5.11 Å². The summed E-state index contributed by atoms with van der Waals surface area (Å²) >= 11 is 0. The fourth-order valence-corrected chi connectivity index (χ4v) is 3.68. The predicted octanol–water partition coefficient (Wildman–Crippen LogP) is 2.69. The number of para-hydroxylation sites is 1. The van der Waals surface area contributed by atoms with E-state index in [2.05, 4.69) is 20.4 Å². The molecule has 0 saturated heterocycles. The van der Waals surface area contributed by atoms with E-state index in [4.69, 9.17) is 0 Å². The first-order chi connectivity index (χ1) is 13.2. The summed E-state index contributed by atoms with van der Waals surface area (Å²) in [6.07, 6.45) is 6.56. The van der Waals surface area contributed by atoms with E-state index in [1.165, 1.54) is 0 Å². The fourth-order valence-electron chi connectivity index (χ4n) is 3.68. The maximum absolute atomic E-state index is 10.5. The molecule has 27 heavy (non-hydrogen) atoms. The van der Waals surface area contributed by atoms with Crippen LogP contribution in [0.25, 0.3) is 0 Å². The van der Waals surface area contributed by atoms with Crippen LogP contribution in [-0.4, -0.2) is 44.0 Å². The van der Waals surface area contributed by atoms with Gasteiger partial charge < -0.3 is 15.3 Å². The number of benzene rings is 1. The van der Waals surface area contributed by atoms with Gasteiger partial charge in [-0.25, -0.2) is 9.97 Å². The summed E-state index contributed by atoms with van der Waals surface area (Å²) in [5, 5.41) is 18.1. The van der Waals surface area contributed by atoms with E-state index >= 15 is 0 Å². The predicted molar refractivity (Wildman–Crippen MR) is 105 cm³/mol. The lowest BCUT2D eigenvalue weighted by molar-refractivity contribution is 0.166. The lowest BCUT2D eigenvalue weighted by Crippen LogP contribution is -2.28. The van der Waals surface area contributed by atoms with E-state index < -0.39 is 6.10 Å². The second kappa shape index (κ2) is 7.75. The van der Waals surface area contributed by atoms with Crippen LogP contribution in [-0.2, 0) is 6.54 Å². The monoisotopic (exact) mass is 364 g/mol. The Kier molecular flexibility index (Phi) is 5.02. The molecule has 0 aliphatic heterocycles. The second-order valence-electron chi connectivity index (χ2n) is 7.04. The summed E-state index contributed by atoms with van der Waals surface area (Å²) < 4.78 is 1.93. The van der Waals surface area contributed by atoms with E-state index in [0.29, 0.717) is 5.92 Å². The molecule has 2 N–H and O–H groups in total. The molecule has 3 aromatic rings. The van der Waals surface area contributed by atoms with Crippen LogP contribution in [0.15, 0.2) is 61.2 Å². The van der Waals surface area contributed by atoms with E-state index in [0.717, 1.165) is 36.7 Å². The normalized spacial score (nSPS) is 21.9. The maximum atomic E-state index is 10.5. The molecule has 1 aromatic carbocycles.